The van der Waals surface area contributed by atoms with E-state index < -0.39 is 91.7 Å². The Kier molecular flexibility index (Phi) is 10.2. The minimum absolute atomic E-state index is 0.0825. The van der Waals surface area contributed by atoms with Gasteiger partial charge in [-0.05, 0) is 13.3 Å². The van der Waals surface area contributed by atoms with Crippen LogP contribution in [0.15, 0.2) is 0 Å². The van der Waals surface area contributed by atoms with Gasteiger partial charge in [-0.3, -0.25) is 0 Å². The van der Waals surface area contributed by atoms with Crippen molar-refractivity contribution in [2.75, 3.05) is 19.7 Å². The van der Waals surface area contributed by atoms with Crippen LogP contribution in [0.1, 0.15) is 13.3 Å². The molecule has 15 atom stereocenters. The second kappa shape index (κ2) is 12.3. The van der Waals surface area contributed by atoms with Crippen molar-refractivity contribution in [2.45, 2.75) is 105 Å². The van der Waals surface area contributed by atoms with Crippen LogP contribution in [0.4, 0.5) is 0 Å². The molecule has 2 saturated heterocycles. The molecule has 2 heterocycles. The lowest BCUT2D eigenvalue weighted by Gasteiger charge is -2.49. The van der Waals surface area contributed by atoms with Gasteiger partial charge in [0, 0.05) is 25.2 Å². The number of aliphatic hydroxyl groups excluding tert-OH is 5. The third-order valence-electron chi connectivity index (χ3n) is 6.84. The summed E-state index contributed by atoms with van der Waals surface area (Å²) in [6.45, 7) is 1.72. The predicted octanol–water partition coefficient (Wildman–Crippen LogP) is -6.28. The molecule has 2 aliphatic heterocycles. The molecular weight excluding hydrogens is 470 g/mol. The van der Waals surface area contributed by atoms with Gasteiger partial charge in [-0.2, -0.15) is 0 Å². The van der Waals surface area contributed by atoms with Crippen LogP contribution in [0.5, 0.6) is 0 Å². The summed E-state index contributed by atoms with van der Waals surface area (Å²) in [4.78, 5) is 0. The van der Waals surface area contributed by atoms with Gasteiger partial charge in [-0.1, -0.05) is 0 Å². The molecular formula is C20H41N5O10. The summed E-state index contributed by atoms with van der Waals surface area (Å²) in [5.41, 5.74) is 29.4. The maximum atomic E-state index is 10.9. The number of hydrogen-bond acceptors (Lipinski definition) is 15. The Morgan fingerprint density at radius 1 is 0.743 bits per heavy atom. The van der Waals surface area contributed by atoms with E-state index in [4.69, 9.17) is 52.4 Å². The fourth-order valence-electron chi connectivity index (χ4n) is 4.70. The largest absolute Gasteiger partial charge is 0.389 e. The molecule has 0 aromatic carbocycles. The zero-order valence-electron chi connectivity index (χ0n) is 19.7. The molecule has 15 heteroatoms. The van der Waals surface area contributed by atoms with E-state index in [1.165, 1.54) is 0 Å². The average molecular weight is 512 g/mol. The van der Waals surface area contributed by atoms with Crippen molar-refractivity contribution in [1.82, 2.24) is 0 Å². The lowest BCUT2D eigenvalue weighted by Crippen LogP contribution is -2.69. The van der Waals surface area contributed by atoms with Gasteiger partial charge in [0.1, 0.15) is 48.8 Å². The highest BCUT2D eigenvalue weighted by Crippen LogP contribution is 2.32. The van der Waals surface area contributed by atoms with Gasteiger partial charge in [-0.15, -0.1) is 0 Å². The van der Waals surface area contributed by atoms with E-state index in [1.54, 1.807) is 6.92 Å². The minimum Gasteiger partial charge on any atom is -0.389 e. The fourth-order valence-corrected chi connectivity index (χ4v) is 4.70. The molecule has 0 amide bonds. The second-order valence-corrected chi connectivity index (χ2v) is 9.41. The Bertz CT molecular complexity index is 668. The van der Waals surface area contributed by atoms with Crippen LogP contribution in [0.3, 0.4) is 0 Å². The molecule has 3 aliphatic rings. The van der Waals surface area contributed by atoms with Gasteiger partial charge in [0.15, 0.2) is 12.6 Å². The van der Waals surface area contributed by atoms with E-state index in [0.29, 0.717) is 0 Å². The maximum absolute atomic E-state index is 10.9. The summed E-state index contributed by atoms with van der Waals surface area (Å²) >= 11 is 0. The third-order valence-corrected chi connectivity index (χ3v) is 6.84. The molecule has 15 N–H and O–H groups in total. The van der Waals surface area contributed by atoms with Gasteiger partial charge >= 0.3 is 0 Å². The number of nitrogens with two attached hydrogens (primary N) is 5. The molecule has 0 bridgehead atoms. The first kappa shape index (κ1) is 29.0. The standard InChI is InChI=1S/C20H41N5O10/c1-6-11(26)17(31-3-2-21)15(30)20(32-6)35-18-12(27)7(23)4-8(24)16(18)34-19-10(25)14(29)13(28)9(5-22)33-19/h6-20,26-30H,2-5,21-25H2,1H3/t6-,7-,8+,9-,10-,11-,12+,13-,14-,15-,16-,17+,18-,19-,20+/m1/s1. The van der Waals surface area contributed by atoms with E-state index in [9.17, 15) is 25.5 Å². The Morgan fingerprint density at radius 3 is 2.03 bits per heavy atom. The summed E-state index contributed by atoms with van der Waals surface area (Å²) in [5.74, 6) is 0. The molecule has 15 nitrogen and oxygen atoms in total. The normalized spacial score (nSPS) is 51.3. The quantitative estimate of drug-likeness (QED) is 0.145. The topological polar surface area (TPSA) is 277 Å². The van der Waals surface area contributed by atoms with E-state index in [0.717, 1.165) is 0 Å². The Balaban J connectivity index is 1.80. The Morgan fingerprint density at radius 2 is 1.40 bits per heavy atom. The monoisotopic (exact) mass is 511 g/mol. The van der Waals surface area contributed by atoms with Crippen molar-refractivity contribution in [2.24, 2.45) is 28.7 Å². The van der Waals surface area contributed by atoms with Crippen LogP contribution in [0.25, 0.3) is 0 Å². The van der Waals surface area contributed by atoms with Crippen LogP contribution < -0.4 is 28.7 Å². The van der Waals surface area contributed by atoms with Crippen molar-refractivity contribution in [3.05, 3.63) is 0 Å². The van der Waals surface area contributed by atoms with E-state index >= 15 is 0 Å². The predicted molar refractivity (Wildman–Crippen MR) is 119 cm³/mol. The lowest BCUT2D eigenvalue weighted by atomic mass is 9.84. The van der Waals surface area contributed by atoms with Gasteiger partial charge < -0.3 is 77.9 Å². The number of hydrogen-bond donors (Lipinski definition) is 10. The molecule has 206 valence electrons. The number of rotatable bonds is 8. The van der Waals surface area contributed by atoms with Crippen LogP contribution in [-0.2, 0) is 23.7 Å². The van der Waals surface area contributed by atoms with Crippen molar-refractivity contribution in [3.63, 3.8) is 0 Å². The van der Waals surface area contributed by atoms with Gasteiger partial charge in [0.05, 0.1) is 24.9 Å². The van der Waals surface area contributed by atoms with E-state index in [2.05, 4.69) is 0 Å². The molecule has 3 fully saturated rings. The van der Waals surface area contributed by atoms with Crippen LogP contribution >= 0.6 is 0 Å². The van der Waals surface area contributed by atoms with Crippen molar-refractivity contribution in [1.29, 1.82) is 0 Å². The average Bonchev–Trinajstić information content (AvgIpc) is 2.82. The first-order valence-corrected chi connectivity index (χ1v) is 11.8. The minimum atomic E-state index is -1.44. The van der Waals surface area contributed by atoms with Crippen LogP contribution in [-0.4, -0.2) is 137 Å². The lowest BCUT2D eigenvalue weighted by molar-refractivity contribution is -0.341. The Hall–Kier alpha value is -0.600. The van der Waals surface area contributed by atoms with Crippen molar-refractivity contribution >= 4 is 0 Å². The van der Waals surface area contributed by atoms with E-state index in [1.807, 2.05) is 0 Å². The van der Waals surface area contributed by atoms with Gasteiger partial charge in [0.2, 0.25) is 0 Å². The summed E-state index contributed by atoms with van der Waals surface area (Å²) < 4.78 is 28.7. The zero-order valence-corrected chi connectivity index (χ0v) is 19.7. The fraction of sp³-hybridized carbons (Fsp3) is 1.00. The molecule has 35 heavy (non-hydrogen) atoms. The summed E-state index contributed by atoms with van der Waals surface area (Å²) in [7, 11) is 0. The highest BCUT2D eigenvalue weighted by molar-refractivity contribution is 5.01. The maximum Gasteiger partial charge on any atom is 0.187 e. The third kappa shape index (κ3) is 6.11. The number of ether oxygens (including phenoxy) is 5. The summed E-state index contributed by atoms with van der Waals surface area (Å²) in [5, 5.41) is 52.4. The van der Waals surface area contributed by atoms with Crippen LogP contribution in [0.2, 0.25) is 0 Å². The number of aliphatic hydroxyl groups is 5. The molecule has 0 radical (unpaired) electrons. The van der Waals surface area contributed by atoms with Gasteiger partial charge in [-0.25, -0.2) is 0 Å². The summed E-state index contributed by atoms with van der Waals surface area (Å²) in [6, 6.07) is -2.70. The smallest absolute Gasteiger partial charge is 0.187 e. The van der Waals surface area contributed by atoms with E-state index in [-0.39, 0.29) is 26.1 Å². The SMILES string of the molecule is C[C@H]1O[C@@H](O[C@@H]2[C@@H](O)[C@H](N)C[C@H](N)[C@H]2O[C@H]2O[C@H](CN)[C@@H](O)[C@H](O)[C@H]2N)[C@H](O)[C@@H](OCCN)[C@@H]1O. The zero-order chi connectivity index (χ0) is 26.0. The summed E-state index contributed by atoms with van der Waals surface area (Å²) in [6.07, 6.45) is -14.1. The first-order chi connectivity index (χ1) is 16.5. The molecule has 0 unspecified atom stereocenters. The van der Waals surface area contributed by atoms with Crippen LogP contribution in [0, 0.1) is 0 Å². The molecule has 1 aliphatic carbocycles. The Labute approximate surface area is 203 Å². The molecule has 3 rings (SSSR count). The molecule has 0 spiro atoms. The molecule has 1 saturated carbocycles. The van der Waals surface area contributed by atoms with Gasteiger partial charge in [0.25, 0.3) is 0 Å². The second-order valence-electron chi connectivity index (χ2n) is 9.41. The van der Waals surface area contributed by atoms with Crippen molar-refractivity contribution in [3.8, 4) is 0 Å². The first-order valence-electron chi connectivity index (χ1n) is 11.8. The molecule has 0 aromatic rings. The molecule has 0 aromatic heterocycles. The highest BCUT2D eigenvalue weighted by Gasteiger charge is 2.52. The highest BCUT2D eigenvalue weighted by atomic mass is 16.7. The van der Waals surface area contributed by atoms with Crippen molar-refractivity contribution < 1.29 is 49.2 Å².